The number of hydrogen-bond donors (Lipinski definition) is 1. The Morgan fingerprint density at radius 1 is 0.951 bits per heavy atom. The van der Waals surface area contributed by atoms with Crippen LogP contribution in [0, 0.1) is 0 Å². The van der Waals surface area contributed by atoms with Crippen molar-refractivity contribution in [3.63, 3.8) is 0 Å². The number of sulfonamides is 1. The Kier molecular flexibility index (Phi) is 11.4. The van der Waals surface area contributed by atoms with Gasteiger partial charge in [-0.25, -0.2) is 8.42 Å². The average molecular weight is 602 g/mol. The number of anilines is 1. The quantitative estimate of drug-likeness (QED) is 0.264. The van der Waals surface area contributed by atoms with E-state index in [1.54, 1.807) is 61.5 Å². The second-order valence-corrected chi connectivity index (χ2v) is 11.6. The zero-order valence-electron chi connectivity index (χ0n) is 23.7. The van der Waals surface area contributed by atoms with Gasteiger partial charge in [0.2, 0.25) is 11.8 Å². The molecule has 0 aliphatic heterocycles. The highest BCUT2D eigenvalue weighted by molar-refractivity contribution is 7.92. The van der Waals surface area contributed by atoms with Gasteiger partial charge >= 0.3 is 0 Å². The van der Waals surface area contributed by atoms with Crippen LogP contribution >= 0.6 is 11.6 Å². The molecule has 0 heterocycles. The molecule has 0 aliphatic rings. The second-order valence-electron chi connectivity index (χ2n) is 9.33. The molecule has 1 atom stereocenters. The van der Waals surface area contributed by atoms with Crippen LogP contribution in [0.25, 0.3) is 0 Å². The van der Waals surface area contributed by atoms with Crippen LogP contribution in [0.4, 0.5) is 5.69 Å². The van der Waals surface area contributed by atoms with Crippen molar-refractivity contribution in [2.75, 3.05) is 31.6 Å². The van der Waals surface area contributed by atoms with Gasteiger partial charge in [-0.05, 0) is 55.3 Å². The summed E-state index contributed by atoms with van der Waals surface area (Å²) in [4.78, 5) is 28.3. The maximum atomic E-state index is 14.0. The van der Waals surface area contributed by atoms with Crippen LogP contribution in [0.15, 0.2) is 77.7 Å². The molecule has 0 saturated heterocycles. The summed E-state index contributed by atoms with van der Waals surface area (Å²) in [6.07, 6.45) is 1.71. The fourth-order valence-electron chi connectivity index (χ4n) is 4.13. The summed E-state index contributed by atoms with van der Waals surface area (Å²) in [6.45, 7) is 3.67. The molecule has 0 aliphatic carbocycles. The summed E-state index contributed by atoms with van der Waals surface area (Å²) in [6, 6.07) is 18.6. The number of unbranched alkanes of at least 4 members (excludes halogenated alkanes) is 1. The maximum Gasteiger partial charge on any atom is 0.264 e. The van der Waals surface area contributed by atoms with Crippen molar-refractivity contribution in [3.05, 3.63) is 83.4 Å². The number of nitrogens with one attached hydrogen (secondary N) is 1. The first kappa shape index (κ1) is 31.8. The van der Waals surface area contributed by atoms with Gasteiger partial charge in [-0.3, -0.25) is 13.9 Å². The predicted octanol–water partition coefficient (Wildman–Crippen LogP) is 4.89. The molecule has 2 amide bonds. The molecule has 0 radical (unpaired) electrons. The smallest absolute Gasteiger partial charge is 0.264 e. The summed E-state index contributed by atoms with van der Waals surface area (Å²) in [5.41, 5.74) is 1.03. The number of methoxy groups -OCH3 is 2. The lowest BCUT2D eigenvalue weighted by Gasteiger charge is -2.32. The van der Waals surface area contributed by atoms with Gasteiger partial charge in [-0.1, -0.05) is 55.3 Å². The molecule has 3 aromatic carbocycles. The van der Waals surface area contributed by atoms with Gasteiger partial charge in [0.25, 0.3) is 10.0 Å². The van der Waals surface area contributed by atoms with Gasteiger partial charge in [0.1, 0.15) is 12.6 Å². The summed E-state index contributed by atoms with van der Waals surface area (Å²) >= 11 is 6.05. The lowest BCUT2D eigenvalue weighted by atomic mass is 10.1. The van der Waals surface area contributed by atoms with Crippen molar-refractivity contribution in [1.82, 2.24) is 10.2 Å². The van der Waals surface area contributed by atoms with Crippen LogP contribution < -0.4 is 19.1 Å². The summed E-state index contributed by atoms with van der Waals surface area (Å²) in [7, 11) is -1.38. The van der Waals surface area contributed by atoms with Crippen molar-refractivity contribution in [1.29, 1.82) is 0 Å². The van der Waals surface area contributed by atoms with E-state index in [1.807, 2.05) is 6.92 Å². The Bertz CT molecular complexity index is 1420. The molecular formula is C30H36ClN3O6S. The molecular weight excluding hydrogens is 566 g/mol. The zero-order valence-corrected chi connectivity index (χ0v) is 25.2. The SMILES string of the molecule is CCCCNC(=O)[C@@H](C)N(Cc1ccc(Cl)cc1)C(=O)CN(c1ccccc1)S(=O)(=O)c1ccc(OC)c(OC)c1. The first-order chi connectivity index (χ1) is 19.6. The minimum atomic E-state index is -4.25. The third kappa shape index (κ3) is 8.14. The van der Waals surface area contributed by atoms with Gasteiger partial charge in [0.15, 0.2) is 11.5 Å². The van der Waals surface area contributed by atoms with E-state index in [2.05, 4.69) is 5.32 Å². The number of para-hydroxylation sites is 1. The first-order valence-corrected chi connectivity index (χ1v) is 15.1. The van der Waals surface area contributed by atoms with E-state index in [1.165, 1.54) is 37.3 Å². The number of hydrogen-bond acceptors (Lipinski definition) is 6. The van der Waals surface area contributed by atoms with Gasteiger partial charge < -0.3 is 19.7 Å². The fourth-order valence-corrected chi connectivity index (χ4v) is 5.69. The molecule has 3 aromatic rings. The number of carbonyl (C=O) groups excluding carboxylic acids is 2. The third-order valence-corrected chi connectivity index (χ3v) is 8.55. The molecule has 0 bridgehead atoms. The molecule has 41 heavy (non-hydrogen) atoms. The van der Waals surface area contributed by atoms with Crippen molar-refractivity contribution in [2.24, 2.45) is 0 Å². The fraction of sp³-hybridized carbons (Fsp3) is 0.333. The average Bonchev–Trinajstić information content (AvgIpc) is 2.99. The number of nitrogens with zero attached hydrogens (tertiary/aromatic N) is 2. The lowest BCUT2D eigenvalue weighted by Crippen LogP contribution is -2.51. The Morgan fingerprint density at radius 2 is 1.61 bits per heavy atom. The molecule has 3 rings (SSSR count). The molecule has 0 spiro atoms. The van der Waals surface area contributed by atoms with E-state index in [4.69, 9.17) is 21.1 Å². The summed E-state index contributed by atoms with van der Waals surface area (Å²) in [5, 5.41) is 3.40. The Labute approximate surface area is 247 Å². The molecule has 0 fully saturated rings. The molecule has 0 saturated carbocycles. The van der Waals surface area contributed by atoms with Crippen LogP contribution in [0.2, 0.25) is 5.02 Å². The Balaban J connectivity index is 2.01. The maximum absolute atomic E-state index is 14.0. The molecule has 9 nitrogen and oxygen atoms in total. The van der Waals surface area contributed by atoms with E-state index >= 15 is 0 Å². The van der Waals surface area contributed by atoms with Crippen LogP contribution in [0.5, 0.6) is 11.5 Å². The molecule has 0 aromatic heterocycles. The topological polar surface area (TPSA) is 105 Å². The molecule has 11 heteroatoms. The number of rotatable bonds is 14. The lowest BCUT2D eigenvalue weighted by molar-refractivity contribution is -0.139. The summed E-state index contributed by atoms with van der Waals surface area (Å²) < 4.78 is 39.6. The number of ether oxygens (including phenoxy) is 2. The highest BCUT2D eigenvalue weighted by atomic mass is 35.5. The van der Waals surface area contributed by atoms with Crippen molar-refractivity contribution in [2.45, 2.75) is 44.2 Å². The summed E-state index contributed by atoms with van der Waals surface area (Å²) in [5.74, 6) is -0.277. The molecule has 1 N–H and O–H groups in total. The highest BCUT2D eigenvalue weighted by Crippen LogP contribution is 2.32. The molecule has 0 unspecified atom stereocenters. The highest BCUT2D eigenvalue weighted by Gasteiger charge is 2.33. The van der Waals surface area contributed by atoms with Crippen molar-refractivity contribution < 1.29 is 27.5 Å². The second kappa shape index (κ2) is 14.7. The number of benzene rings is 3. The molecule has 220 valence electrons. The Morgan fingerprint density at radius 3 is 2.22 bits per heavy atom. The number of halogens is 1. The van der Waals surface area contributed by atoms with Crippen LogP contribution in [0.3, 0.4) is 0 Å². The predicted molar refractivity (Wildman–Crippen MR) is 160 cm³/mol. The van der Waals surface area contributed by atoms with E-state index in [9.17, 15) is 18.0 Å². The third-order valence-electron chi connectivity index (χ3n) is 6.53. The van der Waals surface area contributed by atoms with Crippen molar-refractivity contribution >= 4 is 39.1 Å². The van der Waals surface area contributed by atoms with E-state index in [-0.39, 0.29) is 23.1 Å². The van der Waals surface area contributed by atoms with Crippen molar-refractivity contribution in [3.8, 4) is 11.5 Å². The van der Waals surface area contributed by atoms with E-state index < -0.39 is 28.5 Å². The van der Waals surface area contributed by atoms with Crippen LogP contribution in [0.1, 0.15) is 32.3 Å². The van der Waals surface area contributed by atoms with Gasteiger partial charge in [0, 0.05) is 24.2 Å². The van der Waals surface area contributed by atoms with E-state index in [0.29, 0.717) is 23.0 Å². The zero-order chi connectivity index (χ0) is 30.0. The van der Waals surface area contributed by atoms with Crippen LogP contribution in [-0.4, -0.2) is 58.5 Å². The van der Waals surface area contributed by atoms with Gasteiger partial charge in [-0.15, -0.1) is 0 Å². The van der Waals surface area contributed by atoms with Gasteiger partial charge in [-0.2, -0.15) is 0 Å². The van der Waals surface area contributed by atoms with Crippen LogP contribution in [-0.2, 0) is 26.2 Å². The number of carbonyl (C=O) groups is 2. The minimum Gasteiger partial charge on any atom is -0.493 e. The Hall–Kier alpha value is -3.76. The first-order valence-electron chi connectivity index (χ1n) is 13.2. The monoisotopic (exact) mass is 601 g/mol. The van der Waals surface area contributed by atoms with E-state index in [0.717, 1.165) is 22.7 Å². The normalized spacial score (nSPS) is 11.8. The standard InChI is InChI=1S/C30H36ClN3O6S/c1-5-6-18-32-30(36)22(2)33(20-23-12-14-24(31)15-13-23)29(35)21-34(25-10-8-7-9-11-25)41(37,38)26-16-17-27(39-3)28(19-26)40-4/h7-17,19,22H,5-6,18,20-21H2,1-4H3,(H,32,36)/t22-/m1/s1. The van der Waals surface area contributed by atoms with Gasteiger partial charge in [0.05, 0.1) is 24.8 Å². The largest absolute Gasteiger partial charge is 0.493 e. The number of amides is 2. The minimum absolute atomic E-state index is 0.0808.